The van der Waals surface area contributed by atoms with Crippen molar-refractivity contribution >= 4 is 17.4 Å². The van der Waals surface area contributed by atoms with Crippen molar-refractivity contribution in [3.8, 4) is 0 Å². The zero-order valence-electron chi connectivity index (χ0n) is 15.7. The van der Waals surface area contributed by atoms with E-state index in [4.69, 9.17) is 0 Å². The molecular weight excluding hydrogens is 322 g/mol. The summed E-state index contributed by atoms with van der Waals surface area (Å²) in [6.07, 6.45) is 5.16. The second-order valence-corrected chi connectivity index (χ2v) is 7.91. The molecule has 0 N–H and O–H groups in total. The summed E-state index contributed by atoms with van der Waals surface area (Å²) in [4.78, 5) is 22.2. The maximum atomic E-state index is 13.3. The number of para-hydroxylation sites is 1. The first kappa shape index (κ1) is 17.1. The average Bonchev–Trinajstić information content (AvgIpc) is 2.66. The maximum absolute atomic E-state index is 13.3. The first-order valence-electron chi connectivity index (χ1n) is 9.73. The Labute approximate surface area is 155 Å². The topological polar surface area (TPSA) is 36.4 Å². The van der Waals surface area contributed by atoms with Gasteiger partial charge in [0.15, 0.2) is 0 Å². The molecule has 2 unspecified atom stereocenters. The number of hydrogen-bond donors (Lipinski definition) is 0. The fourth-order valence-electron chi connectivity index (χ4n) is 4.53. The standard InChI is InChI=1S/C22H27N3O/c1-16-13-17(2)15-24(14-16)22(26)19-9-5-11-23-21(19)25-12-6-8-18-7-3-4-10-20(18)25/h3-5,7,9-11,16-17H,6,8,12-15H2,1-2H3. The van der Waals surface area contributed by atoms with Gasteiger partial charge in [0, 0.05) is 31.5 Å². The fraction of sp³-hybridized carbons (Fsp3) is 0.455. The number of benzene rings is 1. The Morgan fingerprint density at radius 2 is 1.85 bits per heavy atom. The lowest BCUT2D eigenvalue weighted by Crippen LogP contribution is -2.43. The third-order valence-corrected chi connectivity index (χ3v) is 5.54. The molecule has 2 aliphatic rings. The lowest BCUT2D eigenvalue weighted by Gasteiger charge is -2.36. The number of carbonyl (C=O) groups excluding carboxylic acids is 1. The van der Waals surface area contributed by atoms with Crippen molar-refractivity contribution < 1.29 is 4.79 Å². The molecule has 4 nitrogen and oxygen atoms in total. The monoisotopic (exact) mass is 349 g/mol. The Morgan fingerprint density at radius 1 is 1.08 bits per heavy atom. The van der Waals surface area contributed by atoms with Crippen molar-refractivity contribution in [3.05, 3.63) is 53.7 Å². The Bertz CT molecular complexity index is 793. The van der Waals surface area contributed by atoms with Gasteiger partial charge >= 0.3 is 0 Å². The number of aryl methyl sites for hydroxylation is 1. The van der Waals surface area contributed by atoms with E-state index in [1.165, 1.54) is 17.7 Å². The zero-order chi connectivity index (χ0) is 18.1. The van der Waals surface area contributed by atoms with E-state index >= 15 is 0 Å². The molecule has 1 aromatic carbocycles. The molecule has 3 heterocycles. The molecule has 1 saturated heterocycles. The number of aromatic nitrogens is 1. The number of pyridine rings is 1. The van der Waals surface area contributed by atoms with E-state index in [0.717, 1.165) is 43.9 Å². The van der Waals surface area contributed by atoms with Crippen LogP contribution < -0.4 is 4.90 Å². The molecule has 0 saturated carbocycles. The summed E-state index contributed by atoms with van der Waals surface area (Å²) in [6, 6.07) is 12.3. The molecule has 0 aliphatic carbocycles. The summed E-state index contributed by atoms with van der Waals surface area (Å²) in [5, 5.41) is 0. The molecule has 2 aromatic rings. The predicted octanol–water partition coefficient (Wildman–Crippen LogP) is 4.28. The van der Waals surface area contributed by atoms with Crippen molar-refractivity contribution in [1.82, 2.24) is 9.88 Å². The Morgan fingerprint density at radius 3 is 2.65 bits per heavy atom. The van der Waals surface area contributed by atoms with Gasteiger partial charge in [0.2, 0.25) is 0 Å². The van der Waals surface area contributed by atoms with Crippen molar-refractivity contribution in [3.63, 3.8) is 0 Å². The van der Waals surface area contributed by atoms with E-state index in [-0.39, 0.29) is 5.91 Å². The van der Waals surface area contributed by atoms with Crippen LogP contribution in [-0.2, 0) is 6.42 Å². The molecule has 1 amide bonds. The summed E-state index contributed by atoms with van der Waals surface area (Å²) in [5.41, 5.74) is 3.25. The number of hydrogen-bond acceptors (Lipinski definition) is 3. The molecule has 0 spiro atoms. The minimum Gasteiger partial charge on any atom is -0.338 e. The highest BCUT2D eigenvalue weighted by Gasteiger charge is 2.30. The summed E-state index contributed by atoms with van der Waals surface area (Å²) in [6.45, 7) is 7.06. The van der Waals surface area contributed by atoms with Gasteiger partial charge in [0.05, 0.1) is 5.56 Å². The van der Waals surface area contributed by atoms with Crippen LogP contribution in [0.25, 0.3) is 0 Å². The van der Waals surface area contributed by atoms with Crippen LogP contribution in [0, 0.1) is 11.8 Å². The Hall–Kier alpha value is -2.36. The average molecular weight is 349 g/mol. The molecule has 0 bridgehead atoms. The zero-order valence-corrected chi connectivity index (χ0v) is 15.7. The number of rotatable bonds is 2. The summed E-state index contributed by atoms with van der Waals surface area (Å²) < 4.78 is 0. The second kappa shape index (κ2) is 7.10. The largest absolute Gasteiger partial charge is 0.338 e. The highest BCUT2D eigenvalue weighted by Crippen LogP contribution is 2.34. The number of piperidine rings is 1. The highest BCUT2D eigenvalue weighted by molar-refractivity contribution is 6.00. The Balaban J connectivity index is 1.69. The summed E-state index contributed by atoms with van der Waals surface area (Å²) in [5.74, 6) is 2.03. The van der Waals surface area contributed by atoms with E-state index in [1.807, 2.05) is 17.0 Å². The predicted molar refractivity (Wildman–Crippen MR) is 105 cm³/mol. The molecule has 26 heavy (non-hydrogen) atoms. The van der Waals surface area contributed by atoms with Crippen molar-refractivity contribution in [2.75, 3.05) is 24.5 Å². The fourth-order valence-corrected chi connectivity index (χ4v) is 4.53. The quantitative estimate of drug-likeness (QED) is 0.812. The molecule has 2 atom stereocenters. The van der Waals surface area contributed by atoms with Gasteiger partial charge in [-0.05, 0) is 54.9 Å². The molecular formula is C22H27N3O. The number of amides is 1. The normalized spacial score (nSPS) is 22.8. The number of anilines is 2. The molecule has 1 fully saturated rings. The van der Waals surface area contributed by atoms with Crippen LogP contribution in [0.5, 0.6) is 0 Å². The van der Waals surface area contributed by atoms with Gasteiger partial charge in [-0.1, -0.05) is 32.0 Å². The molecule has 4 rings (SSSR count). The molecule has 4 heteroatoms. The van der Waals surface area contributed by atoms with Crippen LogP contribution in [0.1, 0.15) is 42.6 Å². The lowest BCUT2D eigenvalue weighted by atomic mass is 9.91. The van der Waals surface area contributed by atoms with Crippen LogP contribution >= 0.6 is 0 Å². The Kier molecular flexibility index (Phi) is 4.66. The highest BCUT2D eigenvalue weighted by atomic mass is 16.2. The molecule has 1 aromatic heterocycles. The molecule has 2 aliphatic heterocycles. The molecule has 0 radical (unpaired) electrons. The van der Waals surface area contributed by atoms with Crippen LogP contribution in [0.2, 0.25) is 0 Å². The second-order valence-electron chi connectivity index (χ2n) is 7.91. The van der Waals surface area contributed by atoms with Crippen LogP contribution in [0.4, 0.5) is 11.5 Å². The summed E-state index contributed by atoms with van der Waals surface area (Å²) in [7, 11) is 0. The van der Waals surface area contributed by atoms with Gasteiger partial charge in [-0.25, -0.2) is 4.98 Å². The van der Waals surface area contributed by atoms with Crippen molar-refractivity contribution in [1.29, 1.82) is 0 Å². The van der Waals surface area contributed by atoms with Crippen LogP contribution in [0.3, 0.4) is 0 Å². The van der Waals surface area contributed by atoms with E-state index < -0.39 is 0 Å². The van der Waals surface area contributed by atoms with Gasteiger partial charge in [-0.15, -0.1) is 0 Å². The first-order valence-corrected chi connectivity index (χ1v) is 9.73. The van der Waals surface area contributed by atoms with Gasteiger partial charge in [0.1, 0.15) is 5.82 Å². The van der Waals surface area contributed by atoms with Crippen LogP contribution in [-0.4, -0.2) is 35.4 Å². The summed E-state index contributed by atoms with van der Waals surface area (Å²) >= 11 is 0. The minimum atomic E-state index is 0.120. The maximum Gasteiger partial charge on any atom is 0.257 e. The third-order valence-electron chi connectivity index (χ3n) is 5.54. The van der Waals surface area contributed by atoms with Crippen molar-refractivity contribution in [2.24, 2.45) is 11.8 Å². The van der Waals surface area contributed by atoms with E-state index in [9.17, 15) is 4.79 Å². The van der Waals surface area contributed by atoms with Gasteiger partial charge < -0.3 is 9.80 Å². The number of fused-ring (bicyclic) bond motifs is 1. The van der Waals surface area contributed by atoms with Gasteiger partial charge in [0.25, 0.3) is 5.91 Å². The molecule has 136 valence electrons. The van der Waals surface area contributed by atoms with E-state index in [1.54, 1.807) is 6.20 Å². The number of likely N-dealkylation sites (tertiary alicyclic amines) is 1. The third kappa shape index (κ3) is 3.20. The van der Waals surface area contributed by atoms with Gasteiger partial charge in [-0.3, -0.25) is 4.79 Å². The number of carbonyl (C=O) groups is 1. The smallest absolute Gasteiger partial charge is 0.257 e. The van der Waals surface area contributed by atoms with Gasteiger partial charge in [-0.2, -0.15) is 0 Å². The van der Waals surface area contributed by atoms with E-state index in [2.05, 4.69) is 48.0 Å². The minimum absolute atomic E-state index is 0.120. The van der Waals surface area contributed by atoms with Crippen LogP contribution in [0.15, 0.2) is 42.6 Å². The lowest BCUT2D eigenvalue weighted by molar-refractivity contribution is 0.0623. The van der Waals surface area contributed by atoms with E-state index in [0.29, 0.717) is 11.8 Å². The SMILES string of the molecule is CC1CC(C)CN(C(=O)c2cccnc2N2CCCc3ccccc32)C1. The number of nitrogens with zero attached hydrogens (tertiary/aromatic N) is 3. The van der Waals surface area contributed by atoms with Crippen molar-refractivity contribution in [2.45, 2.75) is 33.1 Å². The first-order chi connectivity index (χ1) is 12.6.